The van der Waals surface area contributed by atoms with Gasteiger partial charge in [-0.15, -0.1) is 0 Å². The Morgan fingerprint density at radius 3 is 2.38 bits per heavy atom. The zero-order valence-corrected chi connectivity index (χ0v) is 15.8. The van der Waals surface area contributed by atoms with E-state index in [4.69, 9.17) is 4.74 Å². The summed E-state index contributed by atoms with van der Waals surface area (Å²) in [6.45, 7) is 8.42. The lowest BCUT2D eigenvalue weighted by Crippen LogP contribution is -2.44. The van der Waals surface area contributed by atoms with E-state index < -0.39 is 6.09 Å². The van der Waals surface area contributed by atoms with Crippen molar-refractivity contribution in [1.29, 1.82) is 0 Å². The lowest BCUT2D eigenvalue weighted by Gasteiger charge is -2.21. The predicted molar refractivity (Wildman–Crippen MR) is 104 cm³/mol. The SMILES string of the molecule is CCOC(=O)NC(CNC(=O)c1ccc(N2CC=CC2)cc1)CC(C)C. The maximum Gasteiger partial charge on any atom is 0.407 e. The van der Waals surface area contributed by atoms with Crippen LogP contribution in [-0.4, -0.2) is 44.3 Å². The molecule has 142 valence electrons. The van der Waals surface area contributed by atoms with Crippen LogP contribution in [0.5, 0.6) is 0 Å². The molecule has 1 aliphatic rings. The number of carbonyl (C=O) groups is 2. The van der Waals surface area contributed by atoms with Crippen LogP contribution < -0.4 is 15.5 Å². The van der Waals surface area contributed by atoms with E-state index >= 15 is 0 Å². The second-order valence-corrected chi connectivity index (χ2v) is 6.82. The van der Waals surface area contributed by atoms with E-state index in [1.165, 1.54) is 0 Å². The number of rotatable bonds is 8. The van der Waals surface area contributed by atoms with Gasteiger partial charge in [-0.25, -0.2) is 4.79 Å². The third kappa shape index (κ3) is 6.10. The number of nitrogens with one attached hydrogen (secondary N) is 2. The average Bonchev–Trinajstić information content (AvgIpc) is 3.14. The quantitative estimate of drug-likeness (QED) is 0.700. The molecule has 0 aromatic heterocycles. The highest BCUT2D eigenvalue weighted by atomic mass is 16.5. The van der Waals surface area contributed by atoms with E-state index in [1.807, 2.05) is 24.3 Å². The predicted octanol–water partition coefficient (Wildman–Crippen LogP) is 2.95. The van der Waals surface area contributed by atoms with E-state index in [-0.39, 0.29) is 11.9 Å². The summed E-state index contributed by atoms with van der Waals surface area (Å²) in [4.78, 5) is 26.3. The lowest BCUT2D eigenvalue weighted by atomic mass is 10.0. The Kier molecular flexibility index (Phi) is 7.51. The fourth-order valence-corrected chi connectivity index (χ4v) is 2.93. The Morgan fingerprint density at radius 1 is 1.15 bits per heavy atom. The molecule has 1 aromatic carbocycles. The third-order valence-electron chi connectivity index (χ3n) is 4.18. The van der Waals surface area contributed by atoms with Gasteiger partial charge in [-0.2, -0.15) is 0 Å². The van der Waals surface area contributed by atoms with E-state index in [2.05, 4.69) is 41.5 Å². The average molecular weight is 359 g/mol. The molecule has 2 amide bonds. The highest BCUT2D eigenvalue weighted by Crippen LogP contribution is 2.17. The van der Waals surface area contributed by atoms with Crippen LogP contribution in [0.3, 0.4) is 0 Å². The number of alkyl carbamates (subject to hydrolysis) is 1. The molecule has 1 heterocycles. The fourth-order valence-electron chi connectivity index (χ4n) is 2.93. The minimum absolute atomic E-state index is 0.143. The first-order chi connectivity index (χ1) is 12.5. The maximum atomic E-state index is 12.4. The van der Waals surface area contributed by atoms with Crippen LogP contribution in [0.1, 0.15) is 37.6 Å². The summed E-state index contributed by atoms with van der Waals surface area (Å²) in [5, 5.41) is 5.72. The minimum atomic E-state index is -0.448. The summed E-state index contributed by atoms with van der Waals surface area (Å²) < 4.78 is 4.93. The molecule has 1 atom stereocenters. The Balaban J connectivity index is 1.88. The van der Waals surface area contributed by atoms with Crippen molar-refractivity contribution in [3.05, 3.63) is 42.0 Å². The lowest BCUT2D eigenvalue weighted by molar-refractivity contribution is 0.0944. The third-order valence-corrected chi connectivity index (χ3v) is 4.18. The van der Waals surface area contributed by atoms with Gasteiger partial charge in [-0.3, -0.25) is 4.79 Å². The largest absolute Gasteiger partial charge is 0.450 e. The van der Waals surface area contributed by atoms with Gasteiger partial charge in [0.25, 0.3) is 5.91 Å². The number of hydrogen-bond donors (Lipinski definition) is 2. The van der Waals surface area contributed by atoms with Gasteiger partial charge in [-0.05, 0) is 43.5 Å². The summed E-state index contributed by atoms with van der Waals surface area (Å²) in [5.41, 5.74) is 1.72. The molecule has 0 bridgehead atoms. The molecule has 2 rings (SSSR count). The molecular weight excluding hydrogens is 330 g/mol. The number of hydrogen-bond acceptors (Lipinski definition) is 4. The molecular formula is C20H29N3O3. The summed E-state index contributed by atoms with van der Waals surface area (Å²) in [7, 11) is 0. The molecule has 6 nitrogen and oxygen atoms in total. The summed E-state index contributed by atoms with van der Waals surface area (Å²) in [6.07, 6.45) is 4.58. The fraction of sp³-hybridized carbons (Fsp3) is 0.500. The Bertz CT molecular complexity index is 618. The van der Waals surface area contributed by atoms with Crippen molar-refractivity contribution >= 4 is 17.7 Å². The number of carbonyl (C=O) groups excluding carboxylic acids is 2. The van der Waals surface area contributed by atoms with Crippen LogP contribution in [0.25, 0.3) is 0 Å². The molecule has 0 saturated heterocycles. The van der Waals surface area contributed by atoms with Gasteiger partial charge in [-0.1, -0.05) is 26.0 Å². The minimum Gasteiger partial charge on any atom is -0.450 e. The number of nitrogens with zero attached hydrogens (tertiary/aromatic N) is 1. The first-order valence-electron chi connectivity index (χ1n) is 9.21. The molecule has 0 saturated carbocycles. The van der Waals surface area contributed by atoms with Gasteiger partial charge in [0.15, 0.2) is 0 Å². The molecule has 6 heteroatoms. The monoisotopic (exact) mass is 359 g/mol. The molecule has 0 radical (unpaired) electrons. The van der Waals surface area contributed by atoms with Crippen LogP contribution >= 0.6 is 0 Å². The second-order valence-electron chi connectivity index (χ2n) is 6.82. The van der Waals surface area contributed by atoms with Gasteiger partial charge in [0.05, 0.1) is 6.61 Å². The van der Waals surface area contributed by atoms with Crippen LogP contribution in [-0.2, 0) is 4.74 Å². The summed E-state index contributed by atoms with van der Waals surface area (Å²) in [5.74, 6) is 0.252. The van der Waals surface area contributed by atoms with Gasteiger partial charge >= 0.3 is 6.09 Å². The van der Waals surface area contributed by atoms with Gasteiger partial charge < -0.3 is 20.3 Å². The van der Waals surface area contributed by atoms with E-state index in [9.17, 15) is 9.59 Å². The number of ether oxygens (including phenoxy) is 1. The standard InChI is InChI=1S/C20H29N3O3/c1-4-26-20(25)22-17(13-15(2)3)14-21-19(24)16-7-9-18(10-8-16)23-11-5-6-12-23/h5-10,15,17H,4,11-14H2,1-3H3,(H,21,24)(H,22,25). The highest BCUT2D eigenvalue weighted by Gasteiger charge is 2.16. The molecule has 2 N–H and O–H groups in total. The molecule has 1 aliphatic heterocycles. The van der Waals surface area contributed by atoms with Crippen molar-refractivity contribution in [2.45, 2.75) is 33.2 Å². The van der Waals surface area contributed by atoms with Crippen molar-refractivity contribution in [1.82, 2.24) is 10.6 Å². The van der Waals surface area contributed by atoms with Gasteiger partial charge in [0.1, 0.15) is 0 Å². The molecule has 0 fully saturated rings. The second kappa shape index (κ2) is 9.85. The first-order valence-corrected chi connectivity index (χ1v) is 9.21. The molecule has 26 heavy (non-hydrogen) atoms. The van der Waals surface area contributed by atoms with Crippen molar-refractivity contribution in [2.24, 2.45) is 5.92 Å². The molecule has 1 aromatic rings. The number of amides is 2. The Morgan fingerprint density at radius 2 is 1.81 bits per heavy atom. The Hall–Kier alpha value is -2.50. The van der Waals surface area contributed by atoms with Gasteiger partial charge in [0, 0.05) is 36.9 Å². The van der Waals surface area contributed by atoms with Crippen molar-refractivity contribution in [3.63, 3.8) is 0 Å². The molecule has 0 spiro atoms. The van der Waals surface area contributed by atoms with Crippen molar-refractivity contribution in [2.75, 3.05) is 31.1 Å². The van der Waals surface area contributed by atoms with E-state index in [1.54, 1.807) is 6.92 Å². The van der Waals surface area contributed by atoms with Crippen LogP contribution in [0, 0.1) is 5.92 Å². The van der Waals surface area contributed by atoms with E-state index in [0.29, 0.717) is 24.6 Å². The summed E-state index contributed by atoms with van der Waals surface area (Å²) >= 11 is 0. The topological polar surface area (TPSA) is 70.7 Å². The van der Waals surface area contributed by atoms with Crippen molar-refractivity contribution in [3.8, 4) is 0 Å². The van der Waals surface area contributed by atoms with E-state index in [0.717, 1.165) is 25.2 Å². The number of anilines is 1. The van der Waals surface area contributed by atoms with Crippen LogP contribution in [0.4, 0.5) is 10.5 Å². The smallest absolute Gasteiger partial charge is 0.407 e. The summed E-state index contributed by atoms with van der Waals surface area (Å²) in [6, 6.07) is 7.43. The molecule has 1 unspecified atom stereocenters. The Labute approximate surface area is 155 Å². The van der Waals surface area contributed by atoms with Gasteiger partial charge in [0.2, 0.25) is 0 Å². The maximum absolute atomic E-state index is 12.4. The highest BCUT2D eigenvalue weighted by molar-refractivity contribution is 5.94. The van der Waals surface area contributed by atoms with Crippen LogP contribution in [0.2, 0.25) is 0 Å². The van der Waals surface area contributed by atoms with Crippen LogP contribution in [0.15, 0.2) is 36.4 Å². The normalized spacial score (nSPS) is 14.4. The number of benzene rings is 1. The molecule has 0 aliphatic carbocycles. The zero-order valence-electron chi connectivity index (χ0n) is 15.8. The zero-order chi connectivity index (χ0) is 18.9. The first kappa shape index (κ1) is 19.8. The van der Waals surface area contributed by atoms with Crippen molar-refractivity contribution < 1.29 is 14.3 Å².